The first kappa shape index (κ1) is 17.9. The standard InChI is InChI=1S/C19H21N3OS2/c1-11(2)13-4-6-14(7-5-13)16-12(3)25-19-17(16)18(21-10-22-19)24-9-8-15(20)23/h4-7,10-11H,8-9H2,1-3H3,(H2,20,23). The van der Waals surface area contributed by atoms with Gasteiger partial charge >= 0.3 is 0 Å². The van der Waals surface area contributed by atoms with Crippen LogP contribution in [0.15, 0.2) is 35.6 Å². The molecule has 3 aromatic rings. The van der Waals surface area contributed by atoms with Gasteiger partial charge in [-0.1, -0.05) is 38.1 Å². The highest BCUT2D eigenvalue weighted by Crippen LogP contribution is 2.41. The van der Waals surface area contributed by atoms with E-state index in [9.17, 15) is 4.79 Å². The minimum absolute atomic E-state index is 0.288. The summed E-state index contributed by atoms with van der Waals surface area (Å²) < 4.78 is 0. The lowest BCUT2D eigenvalue weighted by atomic mass is 9.98. The van der Waals surface area contributed by atoms with Crippen LogP contribution in [0.25, 0.3) is 21.3 Å². The minimum Gasteiger partial charge on any atom is -0.370 e. The van der Waals surface area contributed by atoms with Gasteiger partial charge in [0.05, 0.1) is 5.39 Å². The van der Waals surface area contributed by atoms with Gasteiger partial charge in [-0.05, 0) is 24.0 Å². The van der Waals surface area contributed by atoms with Crippen LogP contribution in [0.2, 0.25) is 0 Å². The van der Waals surface area contributed by atoms with E-state index in [1.165, 1.54) is 21.6 Å². The number of thiophene rings is 1. The number of rotatable bonds is 6. The fraction of sp³-hybridized carbons (Fsp3) is 0.316. The number of fused-ring (bicyclic) bond motifs is 1. The maximum absolute atomic E-state index is 11.0. The van der Waals surface area contributed by atoms with Crippen molar-refractivity contribution in [3.8, 4) is 11.1 Å². The first-order valence-electron chi connectivity index (χ1n) is 8.23. The lowest BCUT2D eigenvalue weighted by Crippen LogP contribution is -2.10. The van der Waals surface area contributed by atoms with Crippen LogP contribution in [0.3, 0.4) is 0 Å². The van der Waals surface area contributed by atoms with Gasteiger partial charge < -0.3 is 5.73 Å². The molecular weight excluding hydrogens is 350 g/mol. The largest absolute Gasteiger partial charge is 0.370 e. The number of hydrogen-bond acceptors (Lipinski definition) is 5. The van der Waals surface area contributed by atoms with Crippen molar-refractivity contribution in [3.05, 3.63) is 41.0 Å². The van der Waals surface area contributed by atoms with E-state index in [0.717, 1.165) is 15.2 Å². The fourth-order valence-electron chi connectivity index (χ4n) is 2.76. The van der Waals surface area contributed by atoms with Crippen LogP contribution in [0.4, 0.5) is 0 Å². The Hall–Kier alpha value is -1.92. The Kier molecular flexibility index (Phi) is 5.39. The number of aromatic nitrogens is 2. The number of nitrogens with two attached hydrogens (primary N) is 1. The summed E-state index contributed by atoms with van der Waals surface area (Å²) in [6, 6.07) is 8.72. The number of amides is 1. The molecule has 0 fully saturated rings. The Morgan fingerprint density at radius 1 is 1.24 bits per heavy atom. The number of carbonyl (C=O) groups excluding carboxylic acids is 1. The molecule has 0 bridgehead atoms. The first-order chi connectivity index (χ1) is 12.0. The second-order valence-electron chi connectivity index (χ2n) is 6.23. The zero-order chi connectivity index (χ0) is 18.0. The van der Waals surface area contributed by atoms with Crippen LogP contribution in [0, 0.1) is 6.92 Å². The number of carbonyl (C=O) groups is 1. The smallest absolute Gasteiger partial charge is 0.218 e. The molecule has 0 aliphatic carbocycles. The van der Waals surface area contributed by atoms with E-state index in [1.54, 1.807) is 29.4 Å². The molecule has 0 spiro atoms. The highest BCUT2D eigenvalue weighted by atomic mass is 32.2. The molecule has 0 saturated heterocycles. The van der Waals surface area contributed by atoms with Gasteiger partial charge in [-0.2, -0.15) is 0 Å². The van der Waals surface area contributed by atoms with Gasteiger partial charge in [-0.3, -0.25) is 4.79 Å². The van der Waals surface area contributed by atoms with Gasteiger partial charge in [0.1, 0.15) is 16.2 Å². The topological polar surface area (TPSA) is 68.9 Å². The van der Waals surface area contributed by atoms with Crippen molar-refractivity contribution in [1.29, 1.82) is 0 Å². The van der Waals surface area contributed by atoms with E-state index in [0.29, 0.717) is 18.1 Å². The van der Waals surface area contributed by atoms with E-state index >= 15 is 0 Å². The number of aryl methyl sites for hydroxylation is 1. The van der Waals surface area contributed by atoms with Crippen molar-refractivity contribution in [2.24, 2.45) is 5.73 Å². The first-order valence-corrected chi connectivity index (χ1v) is 10.0. The lowest BCUT2D eigenvalue weighted by Gasteiger charge is -2.09. The van der Waals surface area contributed by atoms with Crippen LogP contribution in [0.5, 0.6) is 0 Å². The molecule has 0 atom stereocenters. The third kappa shape index (κ3) is 3.85. The average molecular weight is 372 g/mol. The van der Waals surface area contributed by atoms with E-state index < -0.39 is 0 Å². The van der Waals surface area contributed by atoms with Crippen molar-refractivity contribution in [1.82, 2.24) is 9.97 Å². The molecule has 0 aliphatic heterocycles. The molecule has 2 N–H and O–H groups in total. The molecule has 4 nitrogen and oxygen atoms in total. The van der Waals surface area contributed by atoms with Crippen LogP contribution in [0.1, 0.15) is 36.6 Å². The second-order valence-corrected chi connectivity index (χ2v) is 8.52. The molecule has 0 radical (unpaired) electrons. The fourth-order valence-corrected chi connectivity index (χ4v) is 4.80. The maximum atomic E-state index is 11.0. The summed E-state index contributed by atoms with van der Waals surface area (Å²) in [5, 5.41) is 2.00. The highest BCUT2D eigenvalue weighted by molar-refractivity contribution is 7.99. The van der Waals surface area contributed by atoms with Gasteiger partial charge in [0, 0.05) is 22.6 Å². The van der Waals surface area contributed by atoms with E-state index in [-0.39, 0.29) is 5.91 Å². The molecule has 0 aliphatic rings. The summed E-state index contributed by atoms with van der Waals surface area (Å²) in [5.41, 5.74) is 8.95. The SMILES string of the molecule is Cc1sc2ncnc(SCCC(N)=O)c2c1-c1ccc(C(C)C)cc1. The Morgan fingerprint density at radius 3 is 2.60 bits per heavy atom. The molecular formula is C19H21N3OS2. The number of primary amides is 1. The van der Waals surface area contributed by atoms with Gasteiger partial charge in [-0.25, -0.2) is 9.97 Å². The lowest BCUT2D eigenvalue weighted by molar-refractivity contribution is -0.117. The molecule has 0 unspecified atom stereocenters. The molecule has 1 amide bonds. The van der Waals surface area contributed by atoms with Crippen LogP contribution in [-0.2, 0) is 4.79 Å². The number of benzene rings is 1. The Balaban J connectivity index is 2.04. The van der Waals surface area contributed by atoms with Crippen molar-refractivity contribution in [2.75, 3.05) is 5.75 Å². The van der Waals surface area contributed by atoms with Crippen molar-refractivity contribution < 1.29 is 4.79 Å². The van der Waals surface area contributed by atoms with Gasteiger partial charge in [0.15, 0.2) is 0 Å². The number of thioether (sulfide) groups is 1. The molecule has 3 rings (SSSR count). The monoisotopic (exact) mass is 371 g/mol. The average Bonchev–Trinajstić information content (AvgIpc) is 2.91. The third-order valence-corrected chi connectivity index (χ3v) is 6.09. The zero-order valence-corrected chi connectivity index (χ0v) is 16.2. The predicted molar refractivity (Wildman–Crippen MR) is 106 cm³/mol. The summed E-state index contributed by atoms with van der Waals surface area (Å²) in [5.74, 6) is 0.851. The maximum Gasteiger partial charge on any atom is 0.218 e. The van der Waals surface area contributed by atoms with Gasteiger partial charge in [0.2, 0.25) is 5.91 Å². The zero-order valence-electron chi connectivity index (χ0n) is 14.6. The molecule has 2 aromatic heterocycles. The van der Waals surface area contributed by atoms with E-state index in [2.05, 4.69) is 55.0 Å². The predicted octanol–water partition coefficient (Wildman–Crippen LogP) is 4.76. The molecule has 0 saturated carbocycles. The minimum atomic E-state index is -0.288. The second kappa shape index (κ2) is 7.54. The summed E-state index contributed by atoms with van der Waals surface area (Å²) in [4.78, 5) is 22.1. The molecule has 1 aromatic carbocycles. The number of hydrogen-bond donors (Lipinski definition) is 1. The highest BCUT2D eigenvalue weighted by Gasteiger charge is 2.17. The van der Waals surface area contributed by atoms with Gasteiger partial charge in [-0.15, -0.1) is 23.1 Å². The summed E-state index contributed by atoms with van der Waals surface area (Å²) in [7, 11) is 0. The Bertz CT molecular complexity index is 901. The van der Waals surface area contributed by atoms with E-state index in [4.69, 9.17) is 5.73 Å². The summed E-state index contributed by atoms with van der Waals surface area (Å²) in [6.07, 6.45) is 1.94. The molecule has 25 heavy (non-hydrogen) atoms. The van der Waals surface area contributed by atoms with Crippen LogP contribution < -0.4 is 5.73 Å². The van der Waals surface area contributed by atoms with Gasteiger partial charge in [0.25, 0.3) is 0 Å². The van der Waals surface area contributed by atoms with Crippen LogP contribution >= 0.6 is 23.1 Å². The molecule has 6 heteroatoms. The number of nitrogens with zero attached hydrogens (tertiary/aromatic N) is 2. The van der Waals surface area contributed by atoms with E-state index in [1.807, 2.05) is 0 Å². The molecule has 2 heterocycles. The third-order valence-electron chi connectivity index (χ3n) is 4.08. The Labute approximate surface area is 155 Å². The summed E-state index contributed by atoms with van der Waals surface area (Å²) in [6.45, 7) is 6.51. The molecule has 130 valence electrons. The quantitative estimate of drug-likeness (QED) is 0.501. The normalized spacial score (nSPS) is 11.4. The van der Waals surface area contributed by atoms with Crippen molar-refractivity contribution in [3.63, 3.8) is 0 Å². The Morgan fingerprint density at radius 2 is 1.96 bits per heavy atom. The summed E-state index contributed by atoms with van der Waals surface area (Å²) >= 11 is 3.25. The van der Waals surface area contributed by atoms with Crippen molar-refractivity contribution >= 4 is 39.2 Å². The van der Waals surface area contributed by atoms with Crippen LogP contribution in [-0.4, -0.2) is 21.6 Å². The van der Waals surface area contributed by atoms with Crippen molar-refractivity contribution in [2.45, 2.75) is 38.1 Å².